The maximum absolute atomic E-state index is 4.54. The van der Waals surface area contributed by atoms with Crippen LogP contribution in [0.2, 0.25) is 0 Å². The quantitative estimate of drug-likeness (QED) is 0.785. The van der Waals surface area contributed by atoms with Crippen LogP contribution in [0.15, 0.2) is 36.5 Å². The average Bonchev–Trinajstić information content (AvgIpc) is 2.94. The number of benzene rings is 1. The van der Waals surface area contributed by atoms with E-state index in [2.05, 4.69) is 36.0 Å². The minimum absolute atomic E-state index is 0.543. The predicted molar refractivity (Wildman–Crippen MR) is 85.3 cm³/mol. The van der Waals surface area contributed by atoms with Crippen LogP contribution in [0, 0.1) is 0 Å². The summed E-state index contributed by atoms with van der Waals surface area (Å²) in [5, 5.41) is 8.87. The third kappa shape index (κ3) is 4.08. The molecule has 0 aliphatic carbocycles. The summed E-state index contributed by atoms with van der Waals surface area (Å²) < 4.78 is 0. The maximum atomic E-state index is 4.54. The summed E-state index contributed by atoms with van der Waals surface area (Å²) in [7, 11) is 2.14. The standard InChI is InChI=1S/C15H22N4S/c1-4-20-12-13(2)18(3)11-14-10-16-19(17-14)15-8-6-5-7-9-15/h5-10,13H,4,11-12H2,1-3H3/t13-/m1/s1. The molecule has 1 aromatic heterocycles. The highest BCUT2D eigenvalue weighted by molar-refractivity contribution is 7.99. The second kappa shape index (κ2) is 7.45. The van der Waals surface area contributed by atoms with E-state index in [0.717, 1.165) is 23.7 Å². The van der Waals surface area contributed by atoms with Gasteiger partial charge in [-0.3, -0.25) is 4.90 Å². The van der Waals surface area contributed by atoms with Gasteiger partial charge in [0.25, 0.3) is 0 Å². The molecule has 0 N–H and O–H groups in total. The van der Waals surface area contributed by atoms with Gasteiger partial charge < -0.3 is 0 Å². The zero-order valence-corrected chi connectivity index (χ0v) is 13.2. The van der Waals surface area contributed by atoms with E-state index < -0.39 is 0 Å². The Kier molecular flexibility index (Phi) is 5.61. The highest BCUT2D eigenvalue weighted by Gasteiger charge is 2.11. The normalized spacial score (nSPS) is 12.8. The van der Waals surface area contributed by atoms with Gasteiger partial charge in [-0.1, -0.05) is 25.1 Å². The van der Waals surface area contributed by atoms with Crippen LogP contribution in [0.4, 0.5) is 0 Å². The van der Waals surface area contributed by atoms with E-state index in [-0.39, 0.29) is 0 Å². The van der Waals surface area contributed by atoms with Gasteiger partial charge in [-0.25, -0.2) is 0 Å². The largest absolute Gasteiger partial charge is 0.297 e. The van der Waals surface area contributed by atoms with Gasteiger partial charge in [0.15, 0.2) is 0 Å². The molecule has 0 saturated carbocycles. The van der Waals surface area contributed by atoms with Crippen LogP contribution >= 0.6 is 11.8 Å². The minimum Gasteiger partial charge on any atom is -0.297 e. The Morgan fingerprint density at radius 1 is 1.30 bits per heavy atom. The van der Waals surface area contributed by atoms with E-state index in [9.17, 15) is 0 Å². The molecular formula is C15H22N4S. The van der Waals surface area contributed by atoms with Gasteiger partial charge in [-0.15, -0.1) is 0 Å². The molecule has 1 heterocycles. The van der Waals surface area contributed by atoms with E-state index in [1.165, 1.54) is 5.75 Å². The fourth-order valence-corrected chi connectivity index (χ4v) is 2.71. The topological polar surface area (TPSA) is 34.0 Å². The van der Waals surface area contributed by atoms with Crippen molar-refractivity contribution in [1.29, 1.82) is 0 Å². The first kappa shape index (κ1) is 15.1. The Morgan fingerprint density at radius 2 is 2.05 bits per heavy atom. The van der Waals surface area contributed by atoms with Gasteiger partial charge in [-0.05, 0) is 31.9 Å². The molecule has 4 nitrogen and oxygen atoms in total. The van der Waals surface area contributed by atoms with Gasteiger partial charge in [0.1, 0.15) is 0 Å². The van der Waals surface area contributed by atoms with Gasteiger partial charge in [0.05, 0.1) is 17.6 Å². The van der Waals surface area contributed by atoms with Gasteiger partial charge in [0.2, 0.25) is 0 Å². The lowest BCUT2D eigenvalue weighted by atomic mass is 10.3. The highest BCUT2D eigenvalue weighted by Crippen LogP contribution is 2.10. The van der Waals surface area contributed by atoms with E-state index in [0.29, 0.717) is 6.04 Å². The molecule has 0 aliphatic heterocycles. The fraction of sp³-hybridized carbons (Fsp3) is 0.467. The first-order valence-electron chi connectivity index (χ1n) is 6.95. The Balaban J connectivity index is 1.96. The van der Waals surface area contributed by atoms with Gasteiger partial charge in [0, 0.05) is 18.3 Å². The summed E-state index contributed by atoms with van der Waals surface area (Å²) in [5.41, 5.74) is 2.00. The highest BCUT2D eigenvalue weighted by atomic mass is 32.2. The van der Waals surface area contributed by atoms with Crippen molar-refractivity contribution in [2.24, 2.45) is 0 Å². The maximum Gasteiger partial charge on any atom is 0.0971 e. The summed E-state index contributed by atoms with van der Waals surface area (Å²) in [6, 6.07) is 10.5. The molecule has 0 bridgehead atoms. The Morgan fingerprint density at radius 3 is 2.75 bits per heavy atom. The summed E-state index contributed by atoms with van der Waals surface area (Å²) in [6.07, 6.45) is 1.85. The molecule has 2 aromatic rings. The van der Waals surface area contributed by atoms with Crippen molar-refractivity contribution in [3.63, 3.8) is 0 Å². The second-order valence-corrected chi connectivity index (χ2v) is 6.20. The van der Waals surface area contributed by atoms with Crippen molar-refractivity contribution in [1.82, 2.24) is 19.9 Å². The van der Waals surface area contributed by atoms with Crippen LogP contribution in [0.1, 0.15) is 19.5 Å². The van der Waals surface area contributed by atoms with Crippen LogP contribution in [0.3, 0.4) is 0 Å². The molecule has 0 saturated heterocycles. The zero-order valence-electron chi connectivity index (χ0n) is 12.4. The summed E-state index contributed by atoms with van der Waals surface area (Å²) in [4.78, 5) is 4.01. The lowest BCUT2D eigenvalue weighted by Gasteiger charge is -2.23. The number of thioether (sulfide) groups is 1. The van der Waals surface area contributed by atoms with Crippen LogP contribution < -0.4 is 0 Å². The molecule has 0 spiro atoms. The van der Waals surface area contributed by atoms with Crippen molar-refractivity contribution in [3.05, 3.63) is 42.2 Å². The molecule has 20 heavy (non-hydrogen) atoms. The van der Waals surface area contributed by atoms with Crippen LogP contribution in [-0.2, 0) is 6.54 Å². The molecule has 0 aliphatic rings. The number of aromatic nitrogens is 3. The average molecular weight is 290 g/mol. The minimum atomic E-state index is 0.543. The van der Waals surface area contributed by atoms with Crippen LogP contribution in [0.5, 0.6) is 0 Å². The monoisotopic (exact) mass is 290 g/mol. The van der Waals surface area contributed by atoms with Crippen molar-refractivity contribution in [2.45, 2.75) is 26.4 Å². The SMILES string of the molecule is CCSC[C@@H](C)N(C)Cc1cnn(-c2ccccc2)n1. The third-order valence-corrected chi connectivity index (χ3v) is 4.38. The first-order valence-corrected chi connectivity index (χ1v) is 8.10. The molecule has 0 unspecified atom stereocenters. The number of rotatable bonds is 7. The lowest BCUT2D eigenvalue weighted by molar-refractivity contribution is 0.266. The molecule has 2 rings (SSSR count). The predicted octanol–water partition coefficient (Wildman–Crippen LogP) is 2.84. The van der Waals surface area contributed by atoms with Gasteiger partial charge in [-0.2, -0.15) is 26.8 Å². The Bertz CT molecular complexity index is 512. The molecule has 5 heteroatoms. The number of para-hydroxylation sites is 1. The first-order chi connectivity index (χ1) is 9.70. The van der Waals surface area contributed by atoms with E-state index in [1.54, 1.807) is 4.80 Å². The fourth-order valence-electron chi connectivity index (χ4n) is 1.88. The lowest BCUT2D eigenvalue weighted by Crippen LogP contribution is -2.30. The van der Waals surface area contributed by atoms with E-state index in [1.807, 2.05) is 48.3 Å². The second-order valence-electron chi connectivity index (χ2n) is 4.88. The van der Waals surface area contributed by atoms with Crippen LogP contribution in [-0.4, -0.2) is 44.5 Å². The molecule has 0 fully saturated rings. The zero-order chi connectivity index (χ0) is 14.4. The Labute approximate surface area is 125 Å². The molecule has 0 radical (unpaired) electrons. The third-order valence-electron chi connectivity index (χ3n) is 3.25. The van der Waals surface area contributed by atoms with Crippen LogP contribution in [0.25, 0.3) is 5.69 Å². The summed E-state index contributed by atoms with van der Waals surface area (Å²) in [5.74, 6) is 2.32. The van der Waals surface area contributed by atoms with Crippen molar-refractivity contribution >= 4 is 11.8 Å². The number of hydrogen-bond donors (Lipinski definition) is 0. The number of hydrogen-bond acceptors (Lipinski definition) is 4. The number of nitrogens with zero attached hydrogens (tertiary/aromatic N) is 4. The smallest absolute Gasteiger partial charge is 0.0971 e. The molecule has 1 atom stereocenters. The molecule has 0 amide bonds. The molecule has 108 valence electrons. The van der Waals surface area contributed by atoms with Crippen molar-refractivity contribution < 1.29 is 0 Å². The van der Waals surface area contributed by atoms with Crippen molar-refractivity contribution in [2.75, 3.05) is 18.6 Å². The molecular weight excluding hydrogens is 268 g/mol. The Hall–Kier alpha value is -1.33. The van der Waals surface area contributed by atoms with Crippen molar-refractivity contribution in [3.8, 4) is 5.69 Å². The van der Waals surface area contributed by atoms with Gasteiger partial charge >= 0.3 is 0 Å². The summed E-state index contributed by atoms with van der Waals surface area (Å²) in [6.45, 7) is 5.28. The molecule has 1 aromatic carbocycles. The van der Waals surface area contributed by atoms with E-state index >= 15 is 0 Å². The van der Waals surface area contributed by atoms with E-state index in [4.69, 9.17) is 0 Å². The summed E-state index contributed by atoms with van der Waals surface area (Å²) >= 11 is 1.97.